The molecule has 4 nitrogen and oxygen atoms in total. The van der Waals surface area contributed by atoms with Crippen molar-refractivity contribution in [1.82, 2.24) is 5.32 Å². The molecule has 0 spiro atoms. The van der Waals surface area contributed by atoms with Gasteiger partial charge in [0.15, 0.2) is 0 Å². The van der Waals surface area contributed by atoms with Crippen LogP contribution >= 0.6 is 0 Å². The average Bonchev–Trinajstić information content (AvgIpc) is 1.86. The molecule has 0 fully saturated rings. The molecule has 0 radical (unpaired) electrons. The summed E-state index contributed by atoms with van der Waals surface area (Å²) in [5, 5.41) is 2.62. The Morgan fingerprint density at radius 3 is 2.36 bits per heavy atom. The average molecular weight is 161 g/mol. The molecule has 66 valence electrons. The molecule has 11 heavy (non-hydrogen) atoms. The Hall–Kier alpha value is -0.770. The van der Waals surface area contributed by atoms with Crippen molar-refractivity contribution in [3.63, 3.8) is 0 Å². The van der Waals surface area contributed by atoms with Gasteiger partial charge in [0.1, 0.15) is 0 Å². The standard InChI is InChI=1S/C7H15NO3/c1-7(2,5-10-3)8-6(9)11-4/h5H2,1-4H3,(H,8,9). The number of carbonyl (C=O) groups is 1. The number of ether oxygens (including phenoxy) is 2. The zero-order valence-corrected chi connectivity index (χ0v) is 7.43. The number of alkyl carbamates (subject to hydrolysis) is 1. The number of rotatable bonds is 3. The molecule has 0 aromatic heterocycles. The van der Waals surface area contributed by atoms with Crippen LogP contribution in [0.3, 0.4) is 0 Å². The second-order valence-corrected chi connectivity index (χ2v) is 2.93. The monoisotopic (exact) mass is 161 g/mol. The first-order valence-electron chi connectivity index (χ1n) is 3.37. The number of hydrogen-bond donors (Lipinski definition) is 1. The smallest absolute Gasteiger partial charge is 0.407 e. The molecule has 0 heterocycles. The largest absolute Gasteiger partial charge is 0.453 e. The van der Waals surface area contributed by atoms with Gasteiger partial charge < -0.3 is 14.8 Å². The van der Waals surface area contributed by atoms with Gasteiger partial charge in [0.2, 0.25) is 0 Å². The summed E-state index contributed by atoms with van der Waals surface area (Å²) in [6, 6.07) is 0. The molecule has 1 amide bonds. The highest BCUT2D eigenvalue weighted by Gasteiger charge is 2.19. The fraction of sp³-hybridized carbons (Fsp3) is 0.857. The summed E-state index contributed by atoms with van der Waals surface area (Å²) in [6.45, 7) is 4.17. The predicted molar refractivity (Wildman–Crippen MR) is 41.5 cm³/mol. The fourth-order valence-corrected chi connectivity index (χ4v) is 0.724. The van der Waals surface area contributed by atoms with Crippen molar-refractivity contribution in [1.29, 1.82) is 0 Å². The summed E-state index contributed by atoms with van der Waals surface area (Å²) >= 11 is 0. The maximum Gasteiger partial charge on any atom is 0.407 e. The van der Waals surface area contributed by atoms with Crippen LogP contribution in [0.2, 0.25) is 0 Å². The van der Waals surface area contributed by atoms with Crippen LogP contribution in [-0.2, 0) is 9.47 Å². The van der Waals surface area contributed by atoms with Crippen LogP contribution in [0.5, 0.6) is 0 Å². The molecule has 0 saturated heterocycles. The van der Waals surface area contributed by atoms with E-state index in [2.05, 4.69) is 10.1 Å². The molecule has 0 aromatic carbocycles. The first-order chi connectivity index (χ1) is 5.02. The Bertz CT molecular complexity index is 134. The molecule has 0 aliphatic rings. The van der Waals surface area contributed by atoms with Gasteiger partial charge in [-0.3, -0.25) is 0 Å². The SMILES string of the molecule is COCC(C)(C)NC(=O)OC. The van der Waals surface area contributed by atoms with Crippen LogP contribution in [0.1, 0.15) is 13.8 Å². The number of methoxy groups -OCH3 is 2. The molecule has 1 N–H and O–H groups in total. The van der Waals surface area contributed by atoms with E-state index in [0.29, 0.717) is 6.61 Å². The Morgan fingerprint density at radius 2 is 2.00 bits per heavy atom. The Balaban J connectivity index is 3.80. The van der Waals surface area contributed by atoms with Crippen molar-refractivity contribution in [3.8, 4) is 0 Å². The van der Waals surface area contributed by atoms with Crippen molar-refractivity contribution in [2.24, 2.45) is 0 Å². The van der Waals surface area contributed by atoms with Gasteiger partial charge in [0, 0.05) is 7.11 Å². The Kier molecular flexibility index (Phi) is 3.89. The Labute approximate surface area is 66.9 Å². The molecule has 0 bridgehead atoms. The van der Waals surface area contributed by atoms with E-state index in [1.165, 1.54) is 7.11 Å². The first-order valence-corrected chi connectivity index (χ1v) is 3.37. The summed E-state index contributed by atoms with van der Waals surface area (Å²) < 4.78 is 9.31. The summed E-state index contributed by atoms with van der Waals surface area (Å²) in [7, 11) is 2.92. The lowest BCUT2D eigenvalue weighted by molar-refractivity contribution is 0.113. The lowest BCUT2D eigenvalue weighted by atomic mass is 10.1. The number of hydrogen-bond acceptors (Lipinski definition) is 3. The normalized spacial score (nSPS) is 10.9. The lowest BCUT2D eigenvalue weighted by Gasteiger charge is -2.23. The molecule has 0 atom stereocenters. The molecule has 0 aliphatic heterocycles. The van der Waals surface area contributed by atoms with Gasteiger partial charge in [-0.05, 0) is 13.8 Å². The lowest BCUT2D eigenvalue weighted by Crippen LogP contribution is -2.46. The third-order valence-corrected chi connectivity index (χ3v) is 1.13. The van der Waals surface area contributed by atoms with Crippen molar-refractivity contribution >= 4 is 6.09 Å². The second-order valence-electron chi connectivity index (χ2n) is 2.93. The highest BCUT2D eigenvalue weighted by molar-refractivity contribution is 5.67. The quantitative estimate of drug-likeness (QED) is 0.665. The molecule has 4 heteroatoms. The molecular weight excluding hydrogens is 146 g/mol. The van der Waals surface area contributed by atoms with Crippen molar-refractivity contribution in [2.75, 3.05) is 20.8 Å². The zero-order valence-electron chi connectivity index (χ0n) is 7.43. The predicted octanol–water partition coefficient (Wildman–Crippen LogP) is 0.767. The van der Waals surface area contributed by atoms with Gasteiger partial charge >= 0.3 is 6.09 Å². The number of nitrogens with one attached hydrogen (secondary N) is 1. The summed E-state index contributed by atoms with van der Waals surface area (Å²) in [6.07, 6.45) is -0.438. The van der Waals surface area contributed by atoms with Crippen LogP contribution in [0.4, 0.5) is 4.79 Å². The molecular formula is C7H15NO3. The topological polar surface area (TPSA) is 47.6 Å². The summed E-state index contributed by atoms with van der Waals surface area (Å²) in [5.74, 6) is 0. The maximum atomic E-state index is 10.7. The van der Waals surface area contributed by atoms with Gasteiger partial charge in [-0.15, -0.1) is 0 Å². The van der Waals surface area contributed by atoms with Crippen LogP contribution in [0.25, 0.3) is 0 Å². The van der Waals surface area contributed by atoms with Gasteiger partial charge in [-0.25, -0.2) is 4.79 Å². The third kappa shape index (κ3) is 4.61. The molecule has 0 rings (SSSR count). The Morgan fingerprint density at radius 1 is 1.45 bits per heavy atom. The van der Waals surface area contributed by atoms with Crippen molar-refractivity contribution < 1.29 is 14.3 Å². The fourth-order valence-electron chi connectivity index (χ4n) is 0.724. The van der Waals surface area contributed by atoms with Crippen LogP contribution in [0, 0.1) is 0 Å². The number of amides is 1. The van der Waals surface area contributed by atoms with E-state index in [9.17, 15) is 4.79 Å². The highest BCUT2D eigenvalue weighted by atomic mass is 16.5. The van der Waals surface area contributed by atoms with Crippen LogP contribution in [0.15, 0.2) is 0 Å². The van der Waals surface area contributed by atoms with Gasteiger partial charge in [-0.1, -0.05) is 0 Å². The maximum absolute atomic E-state index is 10.7. The highest BCUT2D eigenvalue weighted by Crippen LogP contribution is 2.01. The molecule has 0 unspecified atom stereocenters. The van der Waals surface area contributed by atoms with Gasteiger partial charge in [0.05, 0.1) is 19.3 Å². The number of carbonyl (C=O) groups excluding carboxylic acids is 1. The summed E-state index contributed by atoms with van der Waals surface area (Å²) in [4.78, 5) is 10.7. The minimum Gasteiger partial charge on any atom is -0.453 e. The minimum atomic E-state index is -0.438. The van der Waals surface area contributed by atoms with E-state index >= 15 is 0 Å². The second kappa shape index (κ2) is 4.18. The van der Waals surface area contributed by atoms with E-state index in [-0.39, 0.29) is 5.54 Å². The molecule has 0 saturated carbocycles. The molecule has 0 aromatic rings. The van der Waals surface area contributed by atoms with E-state index in [1.807, 2.05) is 13.8 Å². The summed E-state index contributed by atoms with van der Waals surface area (Å²) in [5.41, 5.74) is -0.373. The third-order valence-electron chi connectivity index (χ3n) is 1.13. The van der Waals surface area contributed by atoms with Crippen LogP contribution < -0.4 is 5.32 Å². The zero-order chi connectivity index (χ0) is 8.91. The van der Waals surface area contributed by atoms with E-state index < -0.39 is 6.09 Å². The van der Waals surface area contributed by atoms with E-state index in [0.717, 1.165) is 0 Å². The van der Waals surface area contributed by atoms with E-state index in [4.69, 9.17) is 4.74 Å². The van der Waals surface area contributed by atoms with Crippen LogP contribution in [-0.4, -0.2) is 32.5 Å². The first kappa shape index (κ1) is 10.2. The van der Waals surface area contributed by atoms with Crippen molar-refractivity contribution in [2.45, 2.75) is 19.4 Å². The van der Waals surface area contributed by atoms with Gasteiger partial charge in [-0.2, -0.15) is 0 Å². The minimum absolute atomic E-state index is 0.373. The van der Waals surface area contributed by atoms with Gasteiger partial charge in [0.25, 0.3) is 0 Å². The molecule has 0 aliphatic carbocycles. The van der Waals surface area contributed by atoms with E-state index in [1.54, 1.807) is 7.11 Å². The van der Waals surface area contributed by atoms with Crippen molar-refractivity contribution in [3.05, 3.63) is 0 Å².